The van der Waals surface area contributed by atoms with E-state index in [9.17, 15) is 32.4 Å². The van der Waals surface area contributed by atoms with Crippen LogP contribution in [0.1, 0.15) is 92.4 Å². The van der Waals surface area contributed by atoms with Crippen molar-refractivity contribution in [3.8, 4) is 0 Å². The molecule has 3 aliphatic carbocycles. The number of amides is 5. The lowest BCUT2D eigenvalue weighted by atomic mass is 9.80. The molecule has 5 atom stereocenters. The first kappa shape index (κ1) is 34.2. The number of carbonyl (C=O) groups is 5. The normalized spacial score (nSPS) is 27.2. The number of likely N-dealkylation sites (tertiary alicyclic amines) is 1. The SMILES string of the molecule is CC1(C)C2CN(C(=O)[C@@H](NC(=O)NC3(CS(C)(=O)=O)CCCCC3)C(C)(C)C)[C@H](C(=O)NC(CC3CCC3)C(=O)C(N)=O)C21. The number of ketones is 1. The standard InChI is InChI=1S/C31H51N5O7S/c1-29(2,3)24(34-28(41)35-31(17-44(6,42)43)13-8-7-9-14-31)27(40)36-16-19-21(30(19,4)5)22(36)26(39)33-20(23(37)25(32)38)15-18-11-10-12-18/h18-22,24H,7-17H2,1-6H3,(H2,32,38)(H,33,39)(H2,34,35,41)/t19?,20?,21?,22-,24+/m0/s1. The topological polar surface area (TPSA) is 185 Å². The highest BCUT2D eigenvalue weighted by Gasteiger charge is 2.70. The predicted octanol–water partition coefficient (Wildman–Crippen LogP) is 1.66. The third kappa shape index (κ3) is 7.39. The van der Waals surface area contributed by atoms with Crippen molar-refractivity contribution in [2.24, 2.45) is 34.3 Å². The van der Waals surface area contributed by atoms with Crippen LogP contribution in [0.3, 0.4) is 0 Å². The van der Waals surface area contributed by atoms with Gasteiger partial charge in [-0.15, -0.1) is 0 Å². The second-order valence-electron chi connectivity index (χ2n) is 15.5. The van der Waals surface area contributed by atoms with E-state index in [-0.39, 0.29) is 28.9 Å². The van der Waals surface area contributed by atoms with E-state index in [0.29, 0.717) is 25.8 Å². The molecule has 4 fully saturated rings. The van der Waals surface area contributed by atoms with Crippen LogP contribution in [0.25, 0.3) is 0 Å². The number of nitrogens with two attached hydrogens (primary N) is 1. The zero-order chi connectivity index (χ0) is 32.8. The lowest BCUT2D eigenvalue weighted by molar-refractivity contribution is -0.145. The molecule has 44 heavy (non-hydrogen) atoms. The second-order valence-corrected chi connectivity index (χ2v) is 17.7. The molecule has 1 heterocycles. The van der Waals surface area contributed by atoms with E-state index < -0.39 is 68.5 Å². The third-order valence-electron chi connectivity index (χ3n) is 10.5. The average Bonchev–Trinajstić information content (AvgIpc) is 3.19. The summed E-state index contributed by atoms with van der Waals surface area (Å²) in [6, 6.07) is -3.57. The molecule has 5 N–H and O–H groups in total. The molecule has 5 amide bonds. The molecular formula is C31H51N5O7S. The Balaban J connectivity index is 1.54. The van der Waals surface area contributed by atoms with Crippen molar-refractivity contribution in [2.75, 3.05) is 18.6 Å². The number of sulfone groups is 1. The summed E-state index contributed by atoms with van der Waals surface area (Å²) in [7, 11) is -3.39. The van der Waals surface area contributed by atoms with Crippen molar-refractivity contribution >= 4 is 39.4 Å². The number of hydrogen-bond donors (Lipinski definition) is 4. The highest BCUT2D eigenvalue weighted by atomic mass is 32.2. The number of primary amides is 1. The minimum atomic E-state index is -3.39. The summed E-state index contributed by atoms with van der Waals surface area (Å²) in [5.74, 6) is -2.91. The van der Waals surface area contributed by atoms with Crippen LogP contribution in [0.15, 0.2) is 0 Å². The van der Waals surface area contributed by atoms with E-state index in [1.807, 2.05) is 34.6 Å². The molecule has 248 valence electrons. The third-order valence-corrected chi connectivity index (χ3v) is 11.6. The van der Waals surface area contributed by atoms with Crippen molar-refractivity contribution < 1.29 is 32.4 Å². The lowest BCUT2D eigenvalue weighted by Gasteiger charge is -2.40. The number of nitrogens with one attached hydrogen (secondary N) is 3. The van der Waals surface area contributed by atoms with Gasteiger partial charge in [0.1, 0.15) is 21.9 Å². The molecule has 4 aliphatic rings. The van der Waals surface area contributed by atoms with E-state index in [1.165, 1.54) is 4.90 Å². The molecular weight excluding hydrogens is 586 g/mol. The van der Waals surface area contributed by atoms with Crippen LogP contribution in [0, 0.1) is 28.6 Å². The largest absolute Gasteiger partial charge is 0.363 e. The fourth-order valence-corrected chi connectivity index (χ4v) is 9.16. The molecule has 3 saturated carbocycles. The van der Waals surface area contributed by atoms with E-state index >= 15 is 0 Å². The van der Waals surface area contributed by atoms with Gasteiger partial charge >= 0.3 is 6.03 Å². The summed E-state index contributed by atoms with van der Waals surface area (Å²) < 4.78 is 24.5. The van der Waals surface area contributed by atoms with E-state index in [1.54, 1.807) is 0 Å². The molecule has 13 heteroatoms. The Hall–Kier alpha value is -2.70. The predicted molar refractivity (Wildman–Crippen MR) is 165 cm³/mol. The Morgan fingerprint density at radius 1 is 0.977 bits per heavy atom. The van der Waals surface area contributed by atoms with E-state index in [2.05, 4.69) is 16.0 Å². The van der Waals surface area contributed by atoms with Crippen LogP contribution in [0.4, 0.5) is 4.79 Å². The lowest BCUT2D eigenvalue weighted by Crippen LogP contribution is -2.63. The van der Waals surface area contributed by atoms with Crippen LogP contribution in [0.5, 0.6) is 0 Å². The maximum absolute atomic E-state index is 14.2. The van der Waals surface area contributed by atoms with Gasteiger partial charge in [-0.1, -0.05) is 73.1 Å². The minimum Gasteiger partial charge on any atom is -0.363 e. The van der Waals surface area contributed by atoms with Gasteiger partial charge in [-0.05, 0) is 47.8 Å². The fraction of sp³-hybridized carbons (Fsp3) is 0.839. The summed E-state index contributed by atoms with van der Waals surface area (Å²) in [6.45, 7) is 9.86. The second kappa shape index (κ2) is 12.2. The summed E-state index contributed by atoms with van der Waals surface area (Å²) in [5.41, 5.74) is 3.46. The number of rotatable bonds is 11. The van der Waals surface area contributed by atoms with Crippen molar-refractivity contribution in [3.05, 3.63) is 0 Å². The molecule has 0 aromatic heterocycles. The van der Waals surface area contributed by atoms with Crippen molar-refractivity contribution in [3.63, 3.8) is 0 Å². The number of fused-ring (bicyclic) bond motifs is 1. The van der Waals surface area contributed by atoms with Crippen molar-refractivity contribution in [2.45, 2.75) is 116 Å². The van der Waals surface area contributed by atoms with Gasteiger partial charge in [0.05, 0.1) is 17.3 Å². The molecule has 1 saturated heterocycles. The van der Waals surface area contributed by atoms with Crippen molar-refractivity contribution in [1.29, 1.82) is 0 Å². The number of Topliss-reactive ketones (excluding diaryl/α,β-unsaturated/α-hetero) is 1. The minimum absolute atomic E-state index is 0.0637. The first-order chi connectivity index (χ1) is 20.3. The first-order valence-corrected chi connectivity index (χ1v) is 18.0. The summed E-state index contributed by atoms with van der Waals surface area (Å²) in [6.07, 6.45) is 7.94. The van der Waals surface area contributed by atoms with Gasteiger partial charge in [0, 0.05) is 12.8 Å². The Bertz CT molecular complexity index is 1280. The van der Waals surface area contributed by atoms with E-state index in [0.717, 1.165) is 44.8 Å². The zero-order valence-corrected chi connectivity index (χ0v) is 27.8. The molecule has 1 aliphatic heterocycles. The van der Waals surface area contributed by atoms with E-state index in [4.69, 9.17) is 5.73 Å². The number of hydrogen-bond acceptors (Lipinski definition) is 7. The van der Waals surface area contributed by atoms with Gasteiger partial charge in [0.2, 0.25) is 17.6 Å². The maximum atomic E-state index is 14.2. The van der Waals surface area contributed by atoms with Crippen molar-refractivity contribution in [1.82, 2.24) is 20.9 Å². The van der Waals surface area contributed by atoms with Crippen LogP contribution >= 0.6 is 0 Å². The van der Waals surface area contributed by atoms with Gasteiger partial charge in [0.15, 0.2) is 0 Å². The van der Waals surface area contributed by atoms with Crippen LogP contribution in [0.2, 0.25) is 0 Å². The monoisotopic (exact) mass is 637 g/mol. The van der Waals surface area contributed by atoms with Crippen LogP contribution in [-0.4, -0.2) is 85.1 Å². The Morgan fingerprint density at radius 3 is 2.09 bits per heavy atom. The fourth-order valence-electron chi connectivity index (χ4n) is 7.79. The highest BCUT2D eigenvalue weighted by molar-refractivity contribution is 7.90. The molecule has 0 aromatic carbocycles. The molecule has 4 rings (SSSR count). The number of carbonyl (C=O) groups excluding carboxylic acids is 5. The maximum Gasteiger partial charge on any atom is 0.315 e. The Morgan fingerprint density at radius 2 is 1.59 bits per heavy atom. The summed E-state index contributed by atoms with van der Waals surface area (Å²) in [4.78, 5) is 67.6. The Kier molecular flexibility index (Phi) is 9.51. The van der Waals surface area contributed by atoms with Crippen LogP contribution < -0.4 is 21.7 Å². The van der Waals surface area contributed by atoms with Gasteiger partial charge in [-0.2, -0.15) is 0 Å². The number of urea groups is 1. The number of nitrogens with zero attached hydrogens (tertiary/aromatic N) is 1. The molecule has 12 nitrogen and oxygen atoms in total. The van der Waals surface area contributed by atoms with Gasteiger partial charge in [0.25, 0.3) is 5.91 Å². The summed E-state index contributed by atoms with van der Waals surface area (Å²) in [5, 5.41) is 8.53. The average molecular weight is 638 g/mol. The highest BCUT2D eigenvalue weighted by Crippen LogP contribution is 2.65. The number of piperidine rings is 1. The van der Waals surface area contributed by atoms with Crippen LogP contribution in [-0.2, 0) is 29.0 Å². The molecule has 0 spiro atoms. The Labute approximate surface area is 261 Å². The molecule has 3 unspecified atom stereocenters. The molecule has 0 aromatic rings. The first-order valence-electron chi connectivity index (χ1n) is 16.0. The van der Waals surface area contributed by atoms with Gasteiger partial charge in [-0.25, -0.2) is 13.2 Å². The smallest absolute Gasteiger partial charge is 0.315 e. The van der Waals surface area contributed by atoms with Gasteiger partial charge in [-0.3, -0.25) is 19.2 Å². The molecule has 0 bridgehead atoms. The quantitative estimate of drug-likeness (QED) is 0.248. The van der Waals surface area contributed by atoms with Gasteiger partial charge < -0.3 is 26.6 Å². The summed E-state index contributed by atoms with van der Waals surface area (Å²) >= 11 is 0. The zero-order valence-electron chi connectivity index (χ0n) is 27.0. The molecule has 0 radical (unpaired) electrons.